The minimum Gasteiger partial charge on any atom is -0.343 e. The molecule has 0 saturated carbocycles. The van der Waals surface area contributed by atoms with Gasteiger partial charge in [-0.15, -0.1) is 0 Å². The van der Waals surface area contributed by atoms with Crippen LogP contribution >= 0.6 is 0 Å². The fourth-order valence-electron chi connectivity index (χ4n) is 2.87. The van der Waals surface area contributed by atoms with Crippen molar-refractivity contribution in [3.63, 3.8) is 0 Å². The molecule has 1 amide bonds. The predicted molar refractivity (Wildman–Crippen MR) is 99.7 cm³/mol. The van der Waals surface area contributed by atoms with Gasteiger partial charge in [-0.25, -0.2) is 4.98 Å². The van der Waals surface area contributed by atoms with E-state index in [9.17, 15) is 4.79 Å². The summed E-state index contributed by atoms with van der Waals surface area (Å²) in [5, 5.41) is 7.35. The van der Waals surface area contributed by atoms with Crippen LogP contribution in [-0.4, -0.2) is 25.7 Å². The van der Waals surface area contributed by atoms with Gasteiger partial charge in [0.25, 0.3) is 5.91 Å². The predicted octanol–water partition coefficient (Wildman–Crippen LogP) is 3.30. The molecule has 2 heterocycles. The average molecular weight is 345 g/mol. The normalized spacial score (nSPS) is 12.2. The summed E-state index contributed by atoms with van der Waals surface area (Å²) >= 11 is 0. The van der Waals surface area contributed by atoms with Crippen LogP contribution in [0, 0.1) is 0 Å². The number of rotatable bonds is 5. The van der Waals surface area contributed by atoms with Crippen LogP contribution < -0.4 is 5.32 Å². The molecule has 0 aliphatic heterocycles. The molecule has 1 atom stereocenters. The van der Waals surface area contributed by atoms with E-state index < -0.39 is 0 Å². The number of H-pyrrole nitrogens is 1. The highest BCUT2D eigenvalue weighted by molar-refractivity contribution is 5.94. The molecule has 0 radical (unpaired) electrons. The van der Waals surface area contributed by atoms with Gasteiger partial charge in [0.05, 0.1) is 29.8 Å². The molecule has 0 aliphatic carbocycles. The lowest BCUT2D eigenvalue weighted by Crippen LogP contribution is -2.27. The zero-order valence-corrected chi connectivity index (χ0v) is 14.4. The van der Waals surface area contributed by atoms with Crippen LogP contribution in [0.5, 0.6) is 0 Å². The van der Waals surface area contributed by atoms with Crippen LogP contribution in [0.4, 0.5) is 0 Å². The van der Waals surface area contributed by atoms with Crippen molar-refractivity contribution in [3.8, 4) is 0 Å². The van der Waals surface area contributed by atoms with Crippen molar-refractivity contribution < 1.29 is 4.79 Å². The summed E-state index contributed by atoms with van der Waals surface area (Å²) in [6, 6.07) is 17.6. The van der Waals surface area contributed by atoms with E-state index in [1.165, 1.54) is 5.56 Å². The lowest BCUT2D eigenvalue weighted by atomic mass is 10.2. The van der Waals surface area contributed by atoms with Crippen LogP contribution in [0.2, 0.25) is 0 Å². The Morgan fingerprint density at radius 1 is 1.15 bits per heavy atom. The number of imidazole rings is 1. The Hall–Kier alpha value is -3.41. The smallest absolute Gasteiger partial charge is 0.287 e. The van der Waals surface area contributed by atoms with Crippen molar-refractivity contribution in [2.45, 2.75) is 19.5 Å². The highest BCUT2D eigenvalue weighted by atomic mass is 16.2. The highest BCUT2D eigenvalue weighted by Gasteiger charge is 2.16. The Morgan fingerprint density at radius 3 is 2.73 bits per heavy atom. The number of nitrogens with zero attached hydrogens (tertiary/aromatic N) is 3. The molecule has 0 aliphatic rings. The maximum absolute atomic E-state index is 12.5. The van der Waals surface area contributed by atoms with Crippen molar-refractivity contribution in [1.82, 2.24) is 25.1 Å². The standard InChI is InChI=1S/C20H19N5O/c1-14(16-11-21-25(13-16)12-15-7-3-2-4-8-15)22-20(26)19-23-17-9-5-6-10-18(17)24-19/h2-11,13-14H,12H2,1H3,(H,22,26)(H,23,24). The molecule has 6 heteroatoms. The molecule has 2 aromatic heterocycles. The van der Waals surface area contributed by atoms with E-state index in [0.717, 1.165) is 16.6 Å². The van der Waals surface area contributed by atoms with Gasteiger partial charge in [-0.1, -0.05) is 42.5 Å². The third-order valence-corrected chi connectivity index (χ3v) is 4.29. The first-order valence-corrected chi connectivity index (χ1v) is 8.51. The number of hydrogen-bond acceptors (Lipinski definition) is 3. The van der Waals surface area contributed by atoms with E-state index in [1.54, 1.807) is 6.20 Å². The maximum Gasteiger partial charge on any atom is 0.287 e. The molecule has 0 fully saturated rings. The molecular weight excluding hydrogens is 326 g/mol. The topological polar surface area (TPSA) is 75.6 Å². The summed E-state index contributed by atoms with van der Waals surface area (Å²) in [4.78, 5) is 19.8. The Balaban J connectivity index is 1.44. The number of hydrogen-bond donors (Lipinski definition) is 2. The summed E-state index contributed by atoms with van der Waals surface area (Å²) < 4.78 is 1.87. The van der Waals surface area contributed by atoms with Crippen LogP contribution in [0.1, 0.15) is 34.7 Å². The second-order valence-corrected chi connectivity index (χ2v) is 6.25. The highest BCUT2D eigenvalue weighted by Crippen LogP contribution is 2.14. The molecule has 4 rings (SSSR count). The van der Waals surface area contributed by atoms with Crippen molar-refractivity contribution in [2.24, 2.45) is 0 Å². The van der Waals surface area contributed by atoms with Gasteiger partial charge in [0, 0.05) is 11.8 Å². The first kappa shape index (κ1) is 16.1. The van der Waals surface area contributed by atoms with E-state index >= 15 is 0 Å². The lowest BCUT2D eigenvalue weighted by Gasteiger charge is -2.10. The van der Waals surface area contributed by atoms with Gasteiger partial charge >= 0.3 is 0 Å². The van der Waals surface area contributed by atoms with Gasteiger partial charge in [0.2, 0.25) is 0 Å². The minimum absolute atomic E-state index is 0.166. The van der Waals surface area contributed by atoms with Gasteiger partial charge in [0.1, 0.15) is 0 Å². The molecule has 1 unspecified atom stereocenters. The average Bonchev–Trinajstić information content (AvgIpc) is 3.29. The molecule has 0 saturated heterocycles. The van der Waals surface area contributed by atoms with Crippen LogP contribution in [-0.2, 0) is 6.54 Å². The van der Waals surface area contributed by atoms with Gasteiger partial charge in [-0.2, -0.15) is 5.10 Å². The number of benzene rings is 2. The Kier molecular flexibility index (Phi) is 4.23. The van der Waals surface area contributed by atoms with Gasteiger partial charge in [-0.3, -0.25) is 9.48 Å². The fraction of sp³-hybridized carbons (Fsp3) is 0.150. The van der Waals surface area contributed by atoms with E-state index in [-0.39, 0.29) is 11.9 Å². The Morgan fingerprint density at radius 2 is 1.92 bits per heavy atom. The maximum atomic E-state index is 12.5. The fourth-order valence-corrected chi connectivity index (χ4v) is 2.87. The second kappa shape index (κ2) is 6.84. The van der Waals surface area contributed by atoms with Crippen molar-refractivity contribution in [2.75, 3.05) is 0 Å². The zero-order valence-electron chi connectivity index (χ0n) is 14.4. The number of aromatic nitrogens is 4. The number of fused-ring (bicyclic) bond motifs is 1. The molecule has 2 N–H and O–H groups in total. The Labute approximate surface area is 150 Å². The number of para-hydroxylation sites is 2. The number of nitrogens with one attached hydrogen (secondary N) is 2. The summed E-state index contributed by atoms with van der Waals surface area (Å²) in [5.41, 5.74) is 3.76. The number of carbonyl (C=O) groups excluding carboxylic acids is 1. The van der Waals surface area contributed by atoms with Crippen molar-refractivity contribution in [3.05, 3.63) is 83.9 Å². The SMILES string of the molecule is CC(NC(=O)c1nc2ccccc2[nH]1)c1cnn(Cc2ccccc2)c1. The van der Waals surface area contributed by atoms with Crippen LogP contribution in [0.25, 0.3) is 11.0 Å². The summed E-state index contributed by atoms with van der Waals surface area (Å²) in [5.74, 6) is 0.0826. The number of amides is 1. The first-order valence-electron chi connectivity index (χ1n) is 8.51. The largest absolute Gasteiger partial charge is 0.343 e. The van der Waals surface area contributed by atoms with E-state index in [4.69, 9.17) is 0 Å². The molecular formula is C20H19N5O. The first-order chi connectivity index (χ1) is 12.7. The molecule has 6 nitrogen and oxygen atoms in total. The van der Waals surface area contributed by atoms with Crippen LogP contribution in [0.3, 0.4) is 0 Å². The molecule has 0 spiro atoms. The summed E-state index contributed by atoms with van der Waals surface area (Å²) in [7, 11) is 0. The third kappa shape index (κ3) is 3.35. The van der Waals surface area contributed by atoms with E-state index in [0.29, 0.717) is 12.4 Å². The summed E-state index contributed by atoms with van der Waals surface area (Å²) in [6.07, 6.45) is 3.74. The van der Waals surface area contributed by atoms with Gasteiger partial charge in [-0.05, 0) is 24.6 Å². The zero-order chi connectivity index (χ0) is 17.9. The molecule has 4 aromatic rings. The molecule has 130 valence electrons. The second-order valence-electron chi connectivity index (χ2n) is 6.25. The van der Waals surface area contributed by atoms with Gasteiger partial charge < -0.3 is 10.3 Å². The Bertz CT molecular complexity index is 1000. The molecule has 26 heavy (non-hydrogen) atoms. The van der Waals surface area contributed by atoms with Crippen molar-refractivity contribution >= 4 is 16.9 Å². The van der Waals surface area contributed by atoms with Crippen LogP contribution in [0.15, 0.2) is 67.0 Å². The number of aromatic amines is 1. The molecule has 0 bridgehead atoms. The third-order valence-electron chi connectivity index (χ3n) is 4.29. The van der Waals surface area contributed by atoms with Crippen molar-refractivity contribution in [1.29, 1.82) is 0 Å². The van der Waals surface area contributed by atoms with E-state index in [1.807, 2.05) is 60.3 Å². The lowest BCUT2D eigenvalue weighted by molar-refractivity contribution is 0.0930. The molecule has 2 aromatic carbocycles. The minimum atomic E-state index is -0.232. The van der Waals surface area contributed by atoms with E-state index in [2.05, 4.69) is 32.5 Å². The van der Waals surface area contributed by atoms with Gasteiger partial charge in [0.15, 0.2) is 5.82 Å². The monoisotopic (exact) mass is 345 g/mol. The summed E-state index contributed by atoms with van der Waals surface area (Å²) in [6.45, 7) is 2.63. The number of carbonyl (C=O) groups is 1. The quantitative estimate of drug-likeness (QED) is 0.583.